The van der Waals surface area contributed by atoms with E-state index in [4.69, 9.17) is 9.47 Å². The molecule has 3 aromatic rings. The largest absolute Gasteiger partial charge is 0.454 e. The van der Waals surface area contributed by atoms with Gasteiger partial charge in [-0.1, -0.05) is 0 Å². The Balaban J connectivity index is 1.86. The Bertz CT molecular complexity index is 1100. The standard InChI is InChI=1S/C18H20N4O4/c1-10-5-11-6-13-14(26-9-25-13)7-12(11)22-16(10)20-21(17(22)24)8-15(23)19-18(2,3)4/h5-7H,8-9H2,1-4H3,(H,19,23). The number of nitrogens with zero attached hydrogens (tertiary/aromatic N) is 3. The Morgan fingerprint density at radius 3 is 2.62 bits per heavy atom. The van der Waals surface area contributed by atoms with Gasteiger partial charge in [0.05, 0.1) is 5.52 Å². The second-order valence-corrected chi connectivity index (χ2v) is 7.49. The first kappa shape index (κ1) is 16.4. The number of pyridine rings is 1. The summed E-state index contributed by atoms with van der Waals surface area (Å²) >= 11 is 0. The van der Waals surface area contributed by atoms with Gasteiger partial charge in [0.25, 0.3) is 0 Å². The summed E-state index contributed by atoms with van der Waals surface area (Å²) in [6.07, 6.45) is 0. The topological polar surface area (TPSA) is 86.9 Å². The van der Waals surface area contributed by atoms with Gasteiger partial charge in [-0.3, -0.25) is 4.79 Å². The smallest absolute Gasteiger partial charge is 0.351 e. The van der Waals surface area contributed by atoms with Crippen molar-refractivity contribution in [2.45, 2.75) is 39.8 Å². The Hall–Kier alpha value is -3.03. The molecule has 0 radical (unpaired) electrons. The number of ether oxygens (including phenoxy) is 2. The lowest BCUT2D eigenvalue weighted by molar-refractivity contribution is -0.123. The van der Waals surface area contributed by atoms with Gasteiger partial charge in [-0.25, -0.2) is 13.9 Å². The number of fused-ring (bicyclic) bond motifs is 4. The Labute approximate surface area is 149 Å². The fourth-order valence-corrected chi connectivity index (χ4v) is 3.13. The molecule has 1 amide bonds. The molecule has 0 saturated heterocycles. The summed E-state index contributed by atoms with van der Waals surface area (Å²) in [5.74, 6) is 0.983. The number of aromatic nitrogens is 3. The van der Waals surface area contributed by atoms with Crippen LogP contribution in [0.2, 0.25) is 0 Å². The number of rotatable bonds is 2. The summed E-state index contributed by atoms with van der Waals surface area (Å²) in [5, 5.41) is 8.05. The maximum atomic E-state index is 12.9. The lowest BCUT2D eigenvalue weighted by atomic mass is 10.1. The molecule has 0 atom stereocenters. The van der Waals surface area contributed by atoms with E-state index < -0.39 is 0 Å². The number of hydrogen-bond acceptors (Lipinski definition) is 5. The van der Waals surface area contributed by atoms with Crippen LogP contribution in [0.5, 0.6) is 11.5 Å². The molecule has 8 nitrogen and oxygen atoms in total. The van der Waals surface area contributed by atoms with Crippen LogP contribution in [0.15, 0.2) is 23.0 Å². The number of benzene rings is 1. The van der Waals surface area contributed by atoms with E-state index in [9.17, 15) is 9.59 Å². The van der Waals surface area contributed by atoms with Gasteiger partial charge in [0.2, 0.25) is 12.7 Å². The first-order valence-electron chi connectivity index (χ1n) is 8.36. The second kappa shape index (κ2) is 5.48. The highest BCUT2D eigenvalue weighted by molar-refractivity contribution is 5.87. The van der Waals surface area contributed by atoms with Crippen molar-refractivity contribution in [2.75, 3.05) is 6.79 Å². The van der Waals surface area contributed by atoms with Gasteiger partial charge >= 0.3 is 5.69 Å². The molecule has 0 bridgehead atoms. The van der Waals surface area contributed by atoms with Crippen molar-refractivity contribution >= 4 is 22.5 Å². The van der Waals surface area contributed by atoms with Gasteiger partial charge in [0.1, 0.15) is 6.54 Å². The van der Waals surface area contributed by atoms with Crippen molar-refractivity contribution in [1.29, 1.82) is 0 Å². The highest BCUT2D eigenvalue weighted by Crippen LogP contribution is 2.36. The van der Waals surface area contributed by atoms with Gasteiger partial charge in [0, 0.05) is 17.0 Å². The molecular formula is C18H20N4O4. The molecule has 0 fully saturated rings. The third-order valence-corrected chi connectivity index (χ3v) is 4.13. The molecule has 26 heavy (non-hydrogen) atoms. The van der Waals surface area contributed by atoms with E-state index in [0.29, 0.717) is 22.7 Å². The highest BCUT2D eigenvalue weighted by Gasteiger charge is 2.20. The quantitative estimate of drug-likeness (QED) is 0.754. The Kier molecular flexibility index (Phi) is 3.47. The third-order valence-electron chi connectivity index (χ3n) is 4.13. The Morgan fingerprint density at radius 2 is 1.92 bits per heavy atom. The van der Waals surface area contributed by atoms with Gasteiger partial charge < -0.3 is 14.8 Å². The molecule has 0 unspecified atom stereocenters. The molecule has 2 aromatic heterocycles. The average molecular weight is 356 g/mol. The highest BCUT2D eigenvalue weighted by atomic mass is 16.7. The van der Waals surface area contributed by atoms with Crippen LogP contribution in [0, 0.1) is 6.92 Å². The molecule has 3 heterocycles. The predicted molar refractivity (Wildman–Crippen MR) is 95.7 cm³/mol. The molecule has 1 N–H and O–H groups in total. The zero-order chi connectivity index (χ0) is 18.6. The summed E-state index contributed by atoms with van der Waals surface area (Å²) in [6.45, 7) is 7.57. The molecule has 0 spiro atoms. The molecule has 136 valence electrons. The number of hydrogen-bond donors (Lipinski definition) is 1. The van der Waals surface area contributed by atoms with E-state index in [-0.39, 0.29) is 30.5 Å². The molecule has 1 aromatic carbocycles. The number of amides is 1. The SMILES string of the molecule is Cc1cc2cc3c(cc2n2c(=O)n(CC(=O)NC(C)(C)C)nc12)OCO3. The number of nitrogens with one attached hydrogen (secondary N) is 1. The van der Waals surface area contributed by atoms with E-state index in [1.165, 1.54) is 9.08 Å². The first-order chi connectivity index (χ1) is 12.2. The first-order valence-corrected chi connectivity index (χ1v) is 8.36. The van der Waals surface area contributed by atoms with Crippen LogP contribution >= 0.6 is 0 Å². The van der Waals surface area contributed by atoms with Crippen molar-refractivity contribution in [1.82, 2.24) is 19.5 Å². The molecule has 0 aliphatic carbocycles. The minimum absolute atomic E-state index is 0.136. The van der Waals surface area contributed by atoms with Crippen molar-refractivity contribution in [2.24, 2.45) is 0 Å². The number of carbonyl (C=O) groups excluding carboxylic acids is 1. The van der Waals surface area contributed by atoms with Crippen molar-refractivity contribution in [3.8, 4) is 11.5 Å². The van der Waals surface area contributed by atoms with E-state index in [0.717, 1.165) is 10.9 Å². The zero-order valence-corrected chi connectivity index (χ0v) is 15.1. The summed E-state index contributed by atoms with van der Waals surface area (Å²) in [4.78, 5) is 25.1. The molecule has 1 aliphatic rings. The monoisotopic (exact) mass is 356 g/mol. The van der Waals surface area contributed by atoms with Crippen LogP contribution in [-0.4, -0.2) is 32.4 Å². The zero-order valence-electron chi connectivity index (χ0n) is 15.1. The maximum absolute atomic E-state index is 12.9. The maximum Gasteiger partial charge on any atom is 0.351 e. The van der Waals surface area contributed by atoms with Crippen LogP contribution in [0.25, 0.3) is 16.6 Å². The van der Waals surface area contributed by atoms with Crippen LogP contribution in [-0.2, 0) is 11.3 Å². The molecule has 4 rings (SSSR count). The predicted octanol–water partition coefficient (Wildman–Crippen LogP) is 1.60. The van der Waals surface area contributed by atoms with Crippen molar-refractivity contribution in [3.05, 3.63) is 34.2 Å². The van der Waals surface area contributed by atoms with Crippen molar-refractivity contribution in [3.63, 3.8) is 0 Å². The van der Waals surface area contributed by atoms with Crippen LogP contribution < -0.4 is 20.5 Å². The van der Waals surface area contributed by atoms with Gasteiger partial charge in [0.15, 0.2) is 17.1 Å². The average Bonchev–Trinajstić information content (AvgIpc) is 3.09. The molecule has 1 aliphatic heterocycles. The van der Waals surface area contributed by atoms with Crippen LogP contribution in [0.4, 0.5) is 0 Å². The normalized spacial score (nSPS) is 13.5. The van der Waals surface area contributed by atoms with Crippen molar-refractivity contribution < 1.29 is 14.3 Å². The van der Waals surface area contributed by atoms with Crippen LogP contribution in [0.3, 0.4) is 0 Å². The summed E-state index contributed by atoms with van der Waals surface area (Å²) < 4.78 is 13.5. The summed E-state index contributed by atoms with van der Waals surface area (Å²) in [7, 11) is 0. The lowest BCUT2D eigenvalue weighted by Gasteiger charge is -2.20. The number of aryl methyl sites for hydroxylation is 1. The van der Waals surface area contributed by atoms with E-state index in [1.54, 1.807) is 6.07 Å². The van der Waals surface area contributed by atoms with E-state index in [1.807, 2.05) is 39.8 Å². The minimum atomic E-state index is -0.375. The summed E-state index contributed by atoms with van der Waals surface area (Å²) in [6, 6.07) is 5.56. The summed E-state index contributed by atoms with van der Waals surface area (Å²) in [5.41, 5.74) is 1.28. The fraction of sp³-hybridized carbons (Fsp3) is 0.389. The third kappa shape index (κ3) is 2.67. The molecule has 0 saturated carbocycles. The fourth-order valence-electron chi connectivity index (χ4n) is 3.13. The lowest BCUT2D eigenvalue weighted by Crippen LogP contribution is -2.43. The molecular weight excluding hydrogens is 336 g/mol. The van der Waals surface area contributed by atoms with Gasteiger partial charge in [-0.2, -0.15) is 0 Å². The van der Waals surface area contributed by atoms with Gasteiger partial charge in [-0.15, -0.1) is 5.10 Å². The van der Waals surface area contributed by atoms with E-state index >= 15 is 0 Å². The minimum Gasteiger partial charge on any atom is -0.454 e. The van der Waals surface area contributed by atoms with E-state index in [2.05, 4.69) is 10.4 Å². The van der Waals surface area contributed by atoms with Gasteiger partial charge in [-0.05, 0) is 45.4 Å². The molecule has 8 heteroatoms. The van der Waals surface area contributed by atoms with Crippen LogP contribution in [0.1, 0.15) is 26.3 Å². The number of carbonyl (C=O) groups is 1. The second-order valence-electron chi connectivity index (χ2n) is 7.49. The Morgan fingerprint density at radius 1 is 1.23 bits per heavy atom.